The molecule has 1 aliphatic carbocycles. The maximum atomic E-state index is 4.94. The van der Waals surface area contributed by atoms with Crippen LogP contribution in [0, 0.1) is 0 Å². The Labute approximate surface area is 122 Å². The lowest BCUT2D eigenvalue weighted by molar-refractivity contribution is 0.502. The molecular weight excluding hydrogens is 272 g/mol. The van der Waals surface area contributed by atoms with Crippen molar-refractivity contribution in [2.45, 2.75) is 38.5 Å². The molecule has 3 rings (SSSR count). The number of hydrogen-bond acceptors (Lipinski definition) is 4. The number of nitrogens with zero attached hydrogens (tertiary/aromatic N) is 1. The smallest absolute Gasteiger partial charge is 0.133 e. The van der Waals surface area contributed by atoms with E-state index < -0.39 is 0 Å². The highest BCUT2D eigenvalue weighted by Crippen LogP contribution is 2.39. The highest BCUT2D eigenvalue weighted by Gasteiger charge is 2.24. The third-order valence-corrected chi connectivity index (χ3v) is 5.79. The standard InChI is InChI=1S/C15H20N2S2/c1-2-8-16-10-11-5-3-6-12-14(11)17-15(19-12)13-7-4-9-18-13/h4,7,9,11,16H,2-3,5-6,8,10H2,1H3. The summed E-state index contributed by atoms with van der Waals surface area (Å²) in [6.45, 7) is 4.43. The lowest BCUT2D eigenvalue weighted by atomic mass is 9.91. The Balaban J connectivity index is 1.80. The number of thiazole rings is 1. The van der Waals surface area contributed by atoms with Gasteiger partial charge in [-0.1, -0.05) is 13.0 Å². The summed E-state index contributed by atoms with van der Waals surface area (Å²) in [7, 11) is 0. The number of hydrogen-bond donors (Lipinski definition) is 1. The molecule has 0 spiro atoms. The zero-order valence-electron chi connectivity index (χ0n) is 11.3. The van der Waals surface area contributed by atoms with Gasteiger partial charge in [0.25, 0.3) is 0 Å². The molecule has 2 nitrogen and oxygen atoms in total. The summed E-state index contributed by atoms with van der Waals surface area (Å²) in [6, 6.07) is 4.29. The van der Waals surface area contributed by atoms with Gasteiger partial charge in [0.05, 0.1) is 10.6 Å². The van der Waals surface area contributed by atoms with Crippen molar-refractivity contribution in [1.29, 1.82) is 0 Å². The van der Waals surface area contributed by atoms with Crippen LogP contribution in [0.25, 0.3) is 9.88 Å². The average molecular weight is 292 g/mol. The van der Waals surface area contributed by atoms with Gasteiger partial charge in [-0.25, -0.2) is 4.98 Å². The van der Waals surface area contributed by atoms with E-state index in [-0.39, 0.29) is 0 Å². The molecule has 1 aliphatic rings. The minimum Gasteiger partial charge on any atom is -0.316 e. The van der Waals surface area contributed by atoms with Gasteiger partial charge < -0.3 is 5.32 Å². The van der Waals surface area contributed by atoms with E-state index >= 15 is 0 Å². The number of nitrogens with one attached hydrogen (secondary N) is 1. The highest BCUT2D eigenvalue weighted by molar-refractivity contribution is 7.21. The fourth-order valence-corrected chi connectivity index (χ4v) is 4.65. The predicted molar refractivity (Wildman–Crippen MR) is 84.3 cm³/mol. The molecular formula is C15H20N2S2. The van der Waals surface area contributed by atoms with Crippen LogP contribution in [0.4, 0.5) is 0 Å². The largest absolute Gasteiger partial charge is 0.316 e. The van der Waals surface area contributed by atoms with Gasteiger partial charge in [-0.3, -0.25) is 0 Å². The van der Waals surface area contributed by atoms with Crippen LogP contribution in [0.15, 0.2) is 17.5 Å². The van der Waals surface area contributed by atoms with Crippen molar-refractivity contribution in [3.8, 4) is 9.88 Å². The number of rotatable bonds is 5. The van der Waals surface area contributed by atoms with E-state index in [1.165, 1.54) is 46.1 Å². The van der Waals surface area contributed by atoms with Crippen LogP contribution in [0.2, 0.25) is 0 Å². The van der Waals surface area contributed by atoms with Crippen molar-refractivity contribution in [3.05, 3.63) is 28.1 Å². The zero-order chi connectivity index (χ0) is 13.1. The molecule has 0 amide bonds. The molecule has 2 aromatic rings. The Morgan fingerprint density at radius 2 is 2.42 bits per heavy atom. The Morgan fingerprint density at radius 1 is 1.47 bits per heavy atom. The van der Waals surface area contributed by atoms with Crippen LogP contribution in [0.3, 0.4) is 0 Å². The van der Waals surface area contributed by atoms with Gasteiger partial charge in [0.15, 0.2) is 0 Å². The first-order chi connectivity index (χ1) is 9.38. The van der Waals surface area contributed by atoms with E-state index in [0.717, 1.165) is 13.1 Å². The minimum atomic E-state index is 0.625. The SMILES string of the molecule is CCCNCC1CCCc2sc(-c3cccs3)nc21. The summed E-state index contributed by atoms with van der Waals surface area (Å²) >= 11 is 3.70. The van der Waals surface area contributed by atoms with Crippen LogP contribution in [-0.2, 0) is 6.42 Å². The fraction of sp³-hybridized carbons (Fsp3) is 0.533. The number of aryl methyl sites for hydroxylation is 1. The summed E-state index contributed by atoms with van der Waals surface area (Å²) in [6.07, 6.45) is 5.04. The van der Waals surface area contributed by atoms with Crippen LogP contribution in [0.1, 0.15) is 42.7 Å². The molecule has 19 heavy (non-hydrogen) atoms. The monoisotopic (exact) mass is 292 g/mol. The molecule has 0 aromatic carbocycles. The van der Waals surface area contributed by atoms with Crippen LogP contribution < -0.4 is 5.32 Å². The summed E-state index contributed by atoms with van der Waals surface area (Å²) in [5.74, 6) is 0.625. The topological polar surface area (TPSA) is 24.9 Å². The molecule has 1 unspecified atom stereocenters. The Hall–Kier alpha value is -0.710. The molecule has 102 valence electrons. The average Bonchev–Trinajstić information content (AvgIpc) is 3.08. The van der Waals surface area contributed by atoms with E-state index in [0.29, 0.717) is 5.92 Å². The lowest BCUT2D eigenvalue weighted by Crippen LogP contribution is -2.24. The number of fused-ring (bicyclic) bond motifs is 1. The fourth-order valence-electron chi connectivity index (χ4n) is 2.66. The molecule has 0 aliphatic heterocycles. The number of aromatic nitrogens is 1. The number of thiophene rings is 1. The predicted octanol–water partition coefficient (Wildman–Crippen LogP) is 4.29. The van der Waals surface area contributed by atoms with Crippen LogP contribution in [0.5, 0.6) is 0 Å². The molecule has 4 heteroatoms. The minimum absolute atomic E-state index is 0.625. The lowest BCUT2D eigenvalue weighted by Gasteiger charge is -2.21. The summed E-state index contributed by atoms with van der Waals surface area (Å²) in [5.41, 5.74) is 1.38. The first-order valence-corrected chi connectivity index (χ1v) is 8.82. The second kappa shape index (κ2) is 6.16. The van der Waals surface area contributed by atoms with Gasteiger partial charge >= 0.3 is 0 Å². The van der Waals surface area contributed by atoms with Gasteiger partial charge in [0.2, 0.25) is 0 Å². The van der Waals surface area contributed by atoms with Crippen LogP contribution >= 0.6 is 22.7 Å². The molecule has 0 fully saturated rings. The molecule has 1 N–H and O–H groups in total. The Kier molecular flexibility index (Phi) is 4.31. The van der Waals surface area contributed by atoms with E-state index in [4.69, 9.17) is 4.98 Å². The van der Waals surface area contributed by atoms with Gasteiger partial charge in [0.1, 0.15) is 5.01 Å². The van der Waals surface area contributed by atoms with Gasteiger partial charge in [-0.15, -0.1) is 22.7 Å². The summed E-state index contributed by atoms with van der Waals surface area (Å²) in [5, 5.41) is 6.92. The van der Waals surface area contributed by atoms with E-state index in [1.807, 2.05) is 11.3 Å². The van der Waals surface area contributed by atoms with Crippen molar-refractivity contribution in [2.75, 3.05) is 13.1 Å². The molecule has 0 saturated carbocycles. The highest BCUT2D eigenvalue weighted by atomic mass is 32.1. The van der Waals surface area contributed by atoms with Crippen molar-refractivity contribution >= 4 is 22.7 Å². The first kappa shape index (κ1) is 13.3. The van der Waals surface area contributed by atoms with Gasteiger partial charge in [0, 0.05) is 17.3 Å². The molecule has 2 heterocycles. The second-order valence-corrected chi connectivity index (χ2v) is 7.13. The maximum absolute atomic E-state index is 4.94. The van der Waals surface area contributed by atoms with E-state index in [9.17, 15) is 0 Å². The van der Waals surface area contributed by atoms with Crippen molar-refractivity contribution in [3.63, 3.8) is 0 Å². The molecule has 0 radical (unpaired) electrons. The molecule has 0 bridgehead atoms. The van der Waals surface area contributed by atoms with Crippen molar-refractivity contribution < 1.29 is 0 Å². The Bertz CT molecular complexity index is 516. The van der Waals surface area contributed by atoms with Crippen LogP contribution in [-0.4, -0.2) is 18.1 Å². The zero-order valence-corrected chi connectivity index (χ0v) is 12.9. The quantitative estimate of drug-likeness (QED) is 0.832. The third kappa shape index (κ3) is 2.91. The van der Waals surface area contributed by atoms with Crippen molar-refractivity contribution in [2.24, 2.45) is 0 Å². The van der Waals surface area contributed by atoms with Gasteiger partial charge in [-0.05, 0) is 43.7 Å². The second-order valence-electron chi connectivity index (χ2n) is 5.10. The van der Waals surface area contributed by atoms with Gasteiger partial charge in [-0.2, -0.15) is 0 Å². The summed E-state index contributed by atoms with van der Waals surface area (Å²) < 4.78 is 0. The summed E-state index contributed by atoms with van der Waals surface area (Å²) in [4.78, 5) is 7.79. The Morgan fingerprint density at radius 3 is 3.21 bits per heavy atom. The maximum Gasteiger partial charge on any atom is 0.133 e. The van der Waals surface area contributed by atoms with Crippen molar-refractivity contribution in [1.82, 2.24) is 10.3 Å². The molecule has 1 atom stereocenters. The molecule has 0 saturated heterocycles. The normalized spacial score (nSPS) is 18.5. The third-order valence-electron chi connectivity index (χ3n) is 3.62. The molecule has 2 aromatic heterocycles. The van der Waals surface area contributed by atoms with E-state index in [2.05, 4.69) is 29.8 Å². The van der Waals surface area contributed by atoms with E-state index in [1.54, 1.807) is 11.3 Å². The first-order valence-electron chi connectivity index (χ1n) is 7.12.